The smallest absolute Gasteiger partial charge is 0.148 e. The fourth-order valence-corrected chi connectivity index (χ4v) is 3.33. The van der Waals surface area contributed by atoms with Crippen molar-refractivity contribution in [1.29, 1.82) is 5.26 Å². The molecule has 7 nitrogen and oxygen atoms in total. The van der Waals surface area contributed by atoms with Gasteiger partial charge in [-0.15, -0.1) is 0 Å². The summed E-state index contributed by atoms with van der Waals surface area (Å²) in [7, 11) is 0. The monoisotopic (exact) mass is 357 g/mol. The average Bonchev–Trinajstić information content (AvgIpc) is 3.18. The molecule has 0 spiro atoms. The summed E-state index contributed by atoms with van der Waals surface area (Å²) in [5, 5.41) is 12.0. The van der Waals surface area contributed by atoms with E-state index in [0.717, 1.165) is 37.3 Å². The van der Waals surface area contributed by atoms with Crippen molar-refractivity contribution in [3.63, 3.8) is 0 Å². The van der Waals surface area contributed by atoms with E-state index < -0.39 is 0 Å². The summed E-state index contributed by atoms with van der Waals surface area (Å²) in [5.74, 6) is 0.656. The number of nitrogens with zero attached hydrogens (tertiary/aromatic N) is 6. The summed E-state index contributed by atoms with van der Waals surface area (Å²) < 4.78 is 0. The van der Waals surface area contributed by atoms with Crippen LogP contribution < -0.4 is 5.32 Å². The summed E-state index contributed by atoms with van der Waals surface area (Å²) in [6, 6.07) is 9.87. The van der Waals surface area contributed by atoms with Crippen LogP contribution in [0.25, 0.3) is 0 Å². The normalized spacial score (nSPS) is 16.8. The van der Waals surface area contributed by atoms with Crippen LogP contribution in [0.3, 0.4) is 0 Å². The van der Waals surface area contributed by atoms with Gasteiger partial charge in [-0.2, -0.15) is 5.26 Å². The van der Waals surface area contributed by atoms with Crippen molar-refractivity contribution < 1.29 is 0 Å². The van der Waals surface area contributed by atoms with Crippen LogP contribution >= 0.6 is 0 Å². The highest BCUT2D eigenvalue weighted by molar-refractivity contribution is 5.54. The molecule has 7 heteroatoms. The fraction of sp³-hybridized carbons (Fsp3) is 0.250. The molecule has 0 saturated carbocycles. The fourth-order valence-electron chi connectivity index (χ4n) is 3.33. The molecular formula is C20H19N7. The Morgan fingerprint density at radius 1 is 1.07 bits per heavy atom. The number of hydrogen-bond acceptors (Lipinski definition) is 7. The lowest BCUT2D eigenvalue weighted by atomic mass is 10.1. The Labute approximate surface area is 157 Å². The molecule has 1 aliphatic rings. The highest BCUT2D eigenvalue weighted by atomic mass is 15.2. The van der Waals surface area contributed by atoms with Crippen LogP contribution in [0, 0.1) is 11.3 Å². The van der Waals surface area contributed by atoms with E-state index >= 15 is 0 Å². The number of nitrogens with one attached hydrogen (secondary N) is 1. The molecule has 1 N–H and O–H groups in total. The first-order valence-corrected chi connectivity index (χ1v) is 8.90. The summed E-state index contributed by atoms with van der Waals surface area (Å²) in [6.07, 6.45) is 11.1. The molecule has 0 amide bonds. The number of anilines is 2. The van der Waals surface area contributed by atoms with Gasteiger partial charge in [0.15, 0.2) is 0 Å². The van der Waals surface area contributed by atoms with Crippen molar-refractivity contribution in [3.05, 3.63) is 72.2 Å². The van der Waals surface area contributed by atoms with E-state index in [1.807, 2.05) is 24.7 Å². The van der Waals surface area contributed by atoms with Crippen molar-refractivity contribution in [2.24, 2.45) is 0 Å². The zero-order chi connectivity index (χ0) is 18.5. The Balaban J connectivity index is 1.43. The van der Waals surface area contributed by atoms with E-state index in [2.05, 4.69) is 42.3 Å². The summed E-state index contributed by atoms with van der Waals surface area (Å²) >= 11 is 0. The number of aromatic nitrogens is 4. The Bertz CT molecular complexity index is 917. The largest absolute Gasteiger partial charge is 0.338 e. The second kappa shape index (κ2) is 7.89. The average molecular weight is 357 g/mol. The number of hydrogen-bond donors (Lipinski definition) is 1. The molecular weight excluding hydrogens is 338 g/mol. The standard InChI is InChI=1S/C20H19N7/c21-10-16-3-4-17(11-23-16)26-20-13-24-18(12-25-20)19-2-1-9-27(19)14-15-5-7-22-8-6-15/h3-8,11-13,19H,1-2,9,14H2,(H,25,26)/t19-/m0/s1. The van der Waals surface area contributed by atoms with Gasteiger partial charge >= 0.3 is 0 Å². The molecule has 1 aliphatic heterocycles. The van der Waals surface area contributed by atoms with Crippen molar-refractivity contribution in [2.45, 2.75) is 25.4 Å². The zero-order valence-electron chi connectivity index (χ0n) is 14.8. The first-order chi connectivity index (χ1) is 13.3. The molecule has 1 fully saturated rings. The van der Waals surface area contributed by atoms with Gasteiger partial charge in [0.25, 0.3) is 0 Å². The molecule has 0 unspecified atom stereocenters. The third kappa shape index (κ3) is 4.07. The van der Waals surface area contributed by atoms with Crippen molar-refractivity contribution in [3.8, 4) is 6.07 Å². The van der Waals surface area contributed by atoms with Crippen molar-refractivity contribution in [1.82, 2.24) is 24.8 Å². The predicted octanol–water partition coefficient (Wildman–Crippen LogP) is 3.22. The molecule has 3 aromatic rings. The summed E-state index contributed by atoms with van der Waals surface area (Å²) in [6.45, 7) is 1.96. The van der Waals surface area contributed by atoms with E-state index in [9.17, 15) is 0 Å². The Kier molecular flexibility index (Phi) is 4.99. The van der Waals surface area contributed by atoms with Crippen LogP contribution in [0.4, 0.5) is 11.5 Å². The molecule has 4 rings (SSSR count). The quantitative estimate of drug-likeness (QED) is 0.749. The predicted molar refractivity (Wildman–Crippen MR) is 101 cm³/mol. The van der Waals surface area contributed by atoms with Crippen LogP contribution in [-0.4, -0.2) is 31.4 Å². The SMILES string of the molecule is N#Cc1ccc(Nc2cnc([C@@H]3CCCN3Cc3ccncc3)cn2)cn1. The minimum absolute atomic E-state index is 0.288. The summed E-state index contributed by atoms with van der Waals surface area (Å²) in [4.78, 5) is 19.7. The van der Waals surface area contributed by atoms with Crippen LogP contribution in [0.5, 0.6) is 0 Å². The minimum Gasteiger partial charge on any atom is -0.338 e. The summed E-state index contributed by atoms with van der Waals surface area (Å²) in [5.41, 5.74) is 3.41. The van der Waals surface area contributed by atoms with Gasteiger partial charge in [0.2, 0.25) is 0 Å². The lowest BCUT2D eigenvalue weighted by Crippen LogP contribution is -2.23. The van der Waals surface area contributed by atoms with Crippen molar-refractivity contribution in [2.75, 3.05) is 11.9 Å². The highest BCUT2D eigenvalue weighted by Crippen LogP contribution is 2.32. The Morgan fingerprint density at radius 3 is 2.67 bits per heavy atom. The molecule has 3 aromatic heterocycles. The molecule has 0 aromatic carbocycles. The van der Waals surface area contributed by atoms with Gasteiger partial charge in [-0.25, -0.2) is 9.97 Å². The van der Waals surface area contributed by atoms with Crippen LogP contribution in [0.1, 0.15) is 35.8 Å². The molecule has 1 saturated heterocycles. The topological polar surface area (TPSA) is 90.6 Å². The van der Waals surface area contributed by atoms with Crippen LogP contribution in [0.15, 0.2) is 55.2 Å². The van der Waals surface area contributed by atoms with Gasteiger partial charge in [-0.05, 0) is 49.2 Å². The minimum atomic E-state index is 0.288. The molecule has 1 atom stereocenters. The molecule has 0 aliphatic carbocycles. The first-order valence-electron chi connectivity index (χ1n) is 8.90. The van der Waals surface area contributed by atoms with Gasteiger partial charge in [0, 0.05) is 18.9 Å². The second-order valence-corrected chi connectivity index (χ2v) is 6.48. The van der Waals surface area contributed by atoms with Gasteiger partial charge < -0.3 is 5.32 Å². The molecule has 4 heterocycles. The highest BCUT2D eigenvalue weighted by Gasteiger charge is 2.27. The zero-order valence-corrected chi connectivity index (χ0v) is 14.8. The lowest BCUT2D eigenvalue weighted by Gasteiger charge is -2.23. The molecule has 0 radical (unpaired) electrons. The van der Waals surface area contributed by atoms with Gasteiger partial charge in [-0.3, -0.25) is 14.9 Å². The van der Waals surface area contributed by atoms with Gasteiger partial charge in [-0.1, -0.05) is 0 Å². The van der Waals surface area contributed by atoms with E-state index in [1.54, 1.807) is 24.5 Å². The molecule has 27 heavy (non-hydrogen) atoms. The van der Waals surface area contributed by atoms with Crippen LogP contribution in [0.2, 0.25) is 0 Å². The van der Waals surface area contributed by atoms with E-state index in [0.29, 0.717) is 11.5 Å². The molecule has 0 bridgehead atoms. The maximum absolute atomic E-state index is 8.80. The van der Waals surface area contributed by atoms with E-state index in [-0.39, 0.29) is 6.04 Å². The number of nitriles is 1. The third-order valence-corrected chi connectivity index (χ3v) is 4.66. The van der Waals surface area contributed by atoms with E-state index in [4.69, 9.17) is 5.26 Å². The Hall–Kier alpha value is -3.37. The Morgan fingerprint density at radius 2 is 1.96 bits per heavy atom. The maximum atomic E-state index is 8.80. The van der Waals surface area contributed by atoms with E-state index in [1.165, 1.54) is 5.56 Å². The van der Waals surface area contributed by atoms with Gasteiger partial charge in [0.1, 0.15) is 17.6 Å². The van der Waals surface area contributed by atoms with Gasteiger partial charge in [0.05, 0.1) is 36.0 Å². The lowest BCUT2D eigenvalue weighted by molar-refractivity contribution is 0.244. The number of rotatable bonds is 5. The number of likely N-dealkylation sites (tertiary alicyclic amines) is 1. The maximum Gasteiger partial charge on any atom is 0.148 e. The first kappa shape index (κ1) is 17.1. The number of pyridine rings is 2. The molecule has 134 valence electrons. The second-order valence-electron chi connectivity index (χ2n) is 6.48. The third-order valence-electron chi connectivity index (χ3n) is 4.66. The van der Waals surface area contributed by atoms with Crippen LogP contribution in [-0.2, 0) is 6.54 Å². The van der Waals surface area contributed by atoms with Crippen molar-refractivity contribution >= 4 is 11.5 Å².